The van der Waals surface area contributed by atoms with Crippen LogP contribution in [0.5, 0.6) is 0 Å². The number of rotatable bonds is 1. The fourth-order valence-corrected chi connectivity index (χ4v) is 1.59. The minimum absolute atomic E-state index is 0.0920. The molecule has 1 N–H and O–H groups in total. The maximum absolute atomic E-state index is 12.2. The summed E-state index contributed by atoms with van der Waals surface area (Å²) in [5, 5.41) is 6.39. The Morgan fingerprint density at radius 2 is 1.91 bits per heavy atom. The van der Waals surface area contributed by atoms with Crippen LogP contribution in [0, 0.1) is 0 Å². The molecule has 120 valence electrons. The van der Waals surface area contributed by atoms with Crippen LogP contribution in [0.2, 0.25) is 0 Å². The van der Waals surface area contributed by atoms with Gasteiger partial charge in [-0.25, -0.2) is 9.78 Å². The van der Waals surface area contributed by atoms with Crippen molar-refractivity contribution >= 4 is 18.0 Å². The van der Waals surface area contributed by atoms with Crippen molar-refractivity contribution in [2.24, 2.45) is 4.99 Å². The van der Waals surface area contributed by atoms with Crippen molar-refractivity contribution < 1.29 is 14.3 Å². The van der Waals surface area contributed by atoms with Gasteiger partial charge in [-0.2, -0.15) is 9.78 Å². The van der Waals surface area contributed by atoms with Gasteiger partial charge in [0.2, 0.25) is 5.96 Å². The van der Waals surface area contributed by atoms with Gasteiger partial charge in [0.1, 0.15) is 18.3 Å². The number of ether oxygens (including phenoxy) is 1. The molecule has 1 aromatic carbocycles. The van der Waals surface area contributed by atoms with Gasteiger partial charge in [0.05, 0.1) is 0 Å². The topological polar surface area (TPSA) is 98.5 Å². The van der Waals surface area contributed by atoms with E-state index in [4.69, 9.17) is 4.74 Å². The molecule has 8 heteroatoms. The van der Waals surface area contributed by atoms with Crippen molar-refractivity contribution in [3.8, 4) is 0 Å². The smallest absolute Gasteiger partial charge is 0.437 e. The molecule has 2 aromatic rings. The van der Waals surface area contributed by atoms with Gasteiger partial charge < -0.3 is 4.74 Å². The second-order valence-corrected chi connectivity index (χ2v) is 5.58. The van der Waals surface area contributed by atoms with Gasteiger partial charge >= 0.3 is 6.09 Å². The standard InChI is InChI=1S/C15H17N5O3/c1-15(2,3)23-14(22)19-13(20-10-16-9-17-20)18-12(21)11-7-5-4-6-8-11/h4-10H,1-3H3,(H,18,19,21,22). The Kier molecular flexibility index (Phi) is 4.85. The third-order valence-corrected chi connectivity index (χ3v) is 2.49. The third kappa shape index (κ3) is 5.03. The summed E-state index contributed by atoms with van der Waals surface area (Å²) in [6.45, 7) is 5.16. The minimum Gasteiger partial charge on any atom is -0.442 e. The molecule has 0 aliphatic carbocycles. The molecular formula is C15H17N5O3. The van der Waals surface area contributed by atoms with Gasteiger partial charge in [-0.3, -0.25) is 10.1 Å². The Hall–Kier alpha value is -3.03. The normalized spacial score (nSPS) is 11.9. The summed E-state index contributed by atoms with van der Waals surface area (Å²) in [5.41, 5.74) is -0.276. The number of amides is 2. The molecule has 0 saturated carbocycles. The average molecular weight is 315 g/mol. The van der Waals surface area contributed by atoms with Crippen LogP contribution in [-0.2, 0) is 4.74 Å². The molecule has 23 heavy (non-hydrogen) atoms. The molecule has 0 fully saturated rings. The van der Waals surface area contributed by atoms with Crippen LogP contribution in [0.15, 0.2) is 48.0 Å². The van der Waals surface area contributed by atoms with Gasteiger partial charge in [-0.05, 0) is 32.9 Å². The molecule has 0 saturated heterocycles. The summed E-state index contributed by atoms with van der Waals surface area (Å²) in [6.07, 6.45) is 1.74. The van der Waals surface area contributed by atoms with Crippen LogP contribution < -0.4 is 5.32 Å². The molecule has 1 heterocycles. The predicted molar refractivity (Wildman–Crippen MR) is 83.0 cm³/mol. The molecule has 0 spiro atoms. The zero-order valence-corrected chi connectivity index (χ0v) is 13.1. The van der Waals surface area contributed by atoms with Crippen LogP contribution in [0.3, 0.4) is 0 Å². The summed E-state index contributed by atoms with van der Waals surface area (Å²) in [5.74, 6) is -0.519. The molecule has 2 rings (SSSR count). The van der Waals surface area contributed by atoms with E-state index in [0.717, 1.165) is 0 Å². The molecule has 0 aliphatic heterocycles. The van der Waals surface area contributed by atoms with Crippen molar-refractivity contribution in [2.75, 3.05) is 0 Å². The van der Waals surface area contributed by atoms with Gasteiger partial charge in [0.15, 0.2) is 0 Å². The Labute approximate surface area is 133 Å². The Balaban J connectivity index is 2.22. The highest BCUT2D eigenvalue weighted by Crippen LogP contribution is 2.08. The number of aromatic nitrogens is 3. The number of carbonyl (C=O) groups excluding carboxylic acids is 2. The highest BCUT2D eigenvalue weighted by molar-refractivity contribution is 6.07. The van der Waals surface area contributed by atoms with Gasteiger partial charge in [-0.15, -0.1) is 4.99 Å². The summed E-state index contributed by atoms with van der Waals surface area (Å²) < 4.78 is 6.29. The van der Waals surface area contributed by atoms with Gasteiger partial charge in [0.25, 0.3) is 5.91 Å². The second-order valence-electron chi connectivity index (χ2n) is 5.58. The number of nitrogens with zero attached hydrogens (tertiary/aromatic N) is 4. The molecule has 0 radical (unpaired) electrons. The number of nitrogens with one attached hydrogen (secondary N) is 1. The third-order valence-electron chi connectivity index (χ3n) is 2.49. The highest BCUT2D eigenvalue weighted by Gasteiger charge is 2.18. The highest BCUT2D eigenvalue weighted by atomic mass is 16.6. The fraction of sp³-hybridized carbons (Fsp3) is 0.267. The van der Waals surface area contributed by atoms with Crippen LogP contribution in [0.25, 0.3) is 0 Å². The van der Waals surface area contributed by atoms with E-state index < -0.39 is 17.6 Å². The van der Waals surface area contributed by atoms with Crippen molar-refractivity contribution in [1.29, 1.82) is 0 Å². The molecule has 0 atom stereocenters. The number of hydrogen-bond donors (Lipinski definition) is 1. The maximum atomic E-state index is 12.2. The van der Waals surface area contributed by atoms with E-state index in [0.29, 0.717) is 5.56 Å². The number of carbonyl (C=O) groups is 2. The SMILES string of the molecule is CC(C)(C)OC(=O)/N=C(\NC(=O)c1ccccc1)n1cncn1. The first kappa shape index (κ1) is 16.3. The van der Waals surface area contributed by atoms with Crippen LogP contribution in [0.4, 0.5) is 4.79 Å². The molecular weight excluding hydrogens is 298 g/mol. The van der Waals surface area contributed by atoms with Crippen molar-refractivity contribution in [3.05, 3.63) is 48.5 Å². The Bertz CT molecular complexity index is 702. The van der Waals surface area contributed by atoms with E-state index in [1.54, 1.807) is 51.1 Å². The van der Waals surface area contributed by atoms with E-state index in [-0.39, 0.29) is 5.96 Å². The van der Waals surface area contributed by atoms with Crippen LogP contribution in [0.1, 0.15) is 31.1 Å². The van der Waals surface area contributed by atoms with Crippen LogP contribution >= 0.6 is 0 Å². The maximum Gasteiger partial charge on any atom is 0.437 e. The van der Waals surface area contributed by atoms with Crippen LogP contribution in [-0.4, -0.2) is 38.3 Å². The van der Waals surface area contributed by atoms with E-state index in [2.05, 4.69) is 20.4 Å². The Morgan fingerprint density at radius 1 is 1.22 bits per heavy atom. The largest absolute Gasteiger partial charge is 0.442 e. The van der Waals surface area contributed by atoms with E-state index >= 15 is 0 Å². The first-order valence-corrected chi connectivity index (χ1v) is 6.88. The lowest BCUT2D eigenvalue weighted by atomic mass is 10.2. The number of aliphatic imine (C=N–C) groups is 1. The lowest BCUT2D eigenvalue weighted by Crippen LogP contribution is -2.37. The molecule has 0 unspecified atom stereocenters. The van der Waals surface area contributed by atoms with Gasteiger partial charge in [0, 0.05) is 5.56 Å². The van der Waals surface area contributed by atoms with Crippen molar-refractivity contribution in [2.45, 2.75) is 26.4 Å². The molecule has 0 bridgehead atoms. The van der Waals surface area contributed by atoms with Gasteiger partial charge in [-0.1, -0.05) is 18.2 Å². The second kappa shape index (κ2) is 6.82. The molecule has 0 aliphatic rings. The predicted octanol–water partition coefficient (Wildman–Crippen LogP) is 1.85. The first-order chi connectivity index (χ1) is 10.8. The fourth-order valence-electron chi connectivity index (χ4n) is 1.59. The summed E-state index contributed by atoms with van der Waals surface area (Å²) in [7, 11) is 0. The van der Waals surface area contributed by atoms with E-state index in [1.165, 1.54) is 17.3 Å². The van der Waals surface area contributed by atoms with E-state index in [9.17, 15) is 9.59 Å². The molecule has 1 aromatic heterocycles. The summed E-state index contributed by atoms with van der Waals surface area (Å²) in [6, 6.07) is 8.54. The lowest BCUT2D eigenvalue weighted by molar-refractivity contribution is 0.0603. The van der Waals surface area contributed by atoms with Crippen molar-refractivity contribution in [1.82, 2.24) is 20.1 Å². The van der Waals surface area contributed by atoms with Crippen molar-refractivity contribution in [3.63, 3.8) is 0 Å². The lowest BCUT2D eigenvalue weighted by Gasteiger charge is -2.17. The first-order valence-electron chi connectivity index (χ1n) is 6.88. The summed E-state index contributed by atoms with van der Waals surface area (Å²) >= 11 is 0. The number of benzene rings is 1. The molecule has 2 amide bonds. The zero-order valence-electron chi connectivity index (χ0n) is 13.1. The number of hydrogen-bond acceptors (Lipinski definition) is 5. The van der Waals surface area contributed by atoms with E-state index in [1.807, 2.05) is 0 Å². The summed E-state index contributed by atoms with van der Waals surface area (Å²) in [4.78, 5) is 31.6. The average Bonchev–Trinajstić information content (AvgIpc) is 2.99. The Morgan fingerprint density at radius 3 is 2.48 bits per heavy atom. The minimum atomic E-state index is -0.837. The zero-order chi connectivity index (χ0) is 16.9. The monoisotopic (exact) mass is 315 g/mol. The quantitative estimate of drug-likeness (QED) is 0.639. The molecule has 8 nitrogen and oxygen atoms in total.